The molecule has 2 saturated heterocycles. The fraction of sp³-hybridized carbons (Fsp3) is 0.455. The molecule has 4 amide bonds. The van der Waals surface area contributed by atoms with Crippen LogP contribution in [-0.4, -0.2) is 93.1 Å². The lowest BCUT2D eigenvalue weighted by Crippen LogP contribution is -2.51. The van der Waals surface area contributed by atoms with Crippen molar-refractivity contribution in [3.05, 3.63) is 72.2 Å². The molecule has 1 saturated carbocycles. The minimum atomic E-state index is -0.735. The van der Waals surface area contributed by atoms with E-state index in [1.54, 1.807) is 17.2 Å². The Bertz CT molecular complexity index is 2440. The molecular formula is C44H51FN8O6. The topological polar surface area (TPSA) is 175 Å². The van der Waals surface area contributed by atoms with E-state index in [2.05, 4.69) is 25.6 Å². The highest BCUT2D eigenvalue weighted by Crippen LogP contribution is 2.58. The summed E-state index contributed by atoms with van der Waals surface area (Å²) in [6.07, 6.45) is 4.81. The summed E-state index contributed by atoms with van der Waals surface area (Å²) in [4.78, 5) is 71.7. The molecule has 3 aromatic carbocycles. The number of aromatic amines is 2. The van der Waals surface area contributed by atoms with Crippen molar-refractivity contribution in [3.63, 3.8) is 0 Å². The van der Waals surface area contributed by atoms with Gasteiger partial charge in [0.15, 0.2) is 0 Å². The van der Waals surface area contributed by atoms with Gasteiger partial charge in [0.2, 0.25) is 11.8 Å². The van der Waals surface area contributed by atoms with E-state index in [1.807, 2.05) is 69.0 Å². The lowest BCUT2D eigenvalue weighted by Gasteiger charge is -2.30. The van der Waals surface area contributed by atoms with Crippen molar-refractivity contribution in [2.24, 2.45) is 17.3 Å². The Morgan fingerprint density at radius 3 is 2.15 bits per heavy atom. The van der Waals surface area contributed by atoms with Gasteiger partial charge < -0.3 is 39.9 Å². The number of nitrogens with zero attached hydrogens (tertiary/aromatic N) is 4. The molecule has 14 nitrogen and oxygen atoms in total. The number of likely N-dealkylation sites (tertiary alicyclic amines) is 2. The summed E-state index contributed by atoms with van der Waals surface area (Å²) in [7, 11) is 2.56. The number of aromatic nitrogens is 4. The van der Waals surface area contributed by atoms with E-state index in [0.29, 0.717) is 41.4 Å². The van der Waals surface area contributed by atoms with Crippen molar-refractivity contribution < 1.29 is 33.0 Å². The monoisotopic (exact) mass is 806 g/mol. The zero-order valence-electron chi connectivity index (χ0n) is 34.2. The number of halogens is 1. The number of imidazole rings is 2. The summed E-state index contributed by atoms with van der Waals surface area (Å²) in [5.41, 5.74) is 4.57. The molecule has 310 valence electrons. The number of alkyl carbamates (subject to hydrolysis) is 2. The summed E-state index contributed by atoms with van der Waals surface area (Å²) in [5.74, 6) is 0.329. The van der Waals surface area contributed by atoms with Crippen molar-refractivity contribution in [1.29, 1.82) is 0 Å². The van der Waals surface area contributed by atoms with E-state index < -0.39 is 24.3 Å². The Labute approximate surface area is 341 Å². The summed E-state index contributed by atoms with van der Waals surface area (Å²) in [6, 6.07) is 12.9. The Hall–Kier alpha value is -5.99. The fourth-order valence-corrected chi connectivity index (χ4v) is 8.81. The van der Waals surface area contributed by atoms with Gasteiger partial charge in [-0.25, -0.2) is 23.9 Å². The van der Waals surface area contributed by atoms with Gasteiger partial charge in [0.1, 0.15) is 29.5 Å². The van der Waals surface area contributed by atoms with Gasteiger partial charge in [0, 0.05) is 24.0 Å². The number of carbonyl (C=O) groups is 4. The van der Waals surface area contributed by atoms with Crippen molar-refractivity contribution in [2.45, 2.75) is 84.0 Å². The van der Waals surface area contributed by atoms with Crippen molar-refractivity contribution >= 4 is 45.8 Å². The van der Waals surface area contributed by atoms with Crippen LogP contribution in [0.3, 0.4) is 0 Å². The molecule has 8 rings (SSSR count). The van der Waals surface area contributed by atoms with Crippen LogP contribution >= 0.6 is 0 Å². The molecule has 4 atom stereocenters. The van der Waals surface area contributed by atoms with Crippen LogP contribution in [0.4, 0.5) is 14.0 Å². The summed E-state index contributed by atoms with van der Waals surface area (Å²) in [5, 5.41) is 6.59. The zero-order chi connectivity index (χ0) is 41.7. The Balaban J connectivity index is 1.02. The van der Waals surface area contributed by atoms with E-state index in [0.717, 1.165) is 59.7 Å². The zero-order valence-corrected chi connectivity index (χ0v) is 34.2. The molecular weight excluding hydrogens is 756 g/mol. The third-order valence-corrected chi connectivity index (χ3v) is 12.3. The van der Waals surface area contributed by atoms with E-state index in [9.17, 15) is 19.2 Å². The number of carbonyl (C=O) groups excluding carboxylic acids is 4. The van der Waals surface area contributed by atoms with Crippen LogP contribution in [0, 0.1) is 23.1 Å². The second kappa shape index (κ2) is 15.6. The first-order valence-electron chi connectivity index (χ1n) is 20.4. The molecule has 3 aliphatic rings. The number of nitrogens with one attached hydrogen (secondary N) is 4. The maximum absolute atomic E-state index is 16.0. The normalized spacial score (nSPS) is 19.5. The van der Waals surface area contributed by atoms with E-state index in [1.165, 1.54) is 20.3 Å². The number of fused-ring (bicyclic) bond motifs is 2. The van der Waals surface area contributed by atoms with Crippen LogP contribution in [0.25, 0.3) is 44.2 Å². The first-order chi connectivity index (χ1) is 28.3. The molecule has 59 heavy (non-hydrogen) atoms. The molecule has 4 N–H and O–H groups in total. The highest BCUT2D eigenvalue weighted by atomic mass is 19.1. The lowest BCUT2D eigenvalue weighted by atomic mass is 9.98. The van der Waals surface area contributed by atoms with Crippen molar-refractivity contribution in [1.82, 2.24) is 40.4 Å². The minimum Gasteiger partial charge on any atom is -0.453 e. The standard InChI is InChI=1S/C44H51FN8O6/c1-23(2)36(50-42(56)58-5)40(54)52-15-7-8-34(52)38-46-21-33(49-38)27-10-9-26-16-28(18-30(45)29(26)17-27)25-11-12-31-32(19-25)48-39(47-31)35-20-44(13-14-44)22-53(35)41(55)37(24(3)4)51-43(57)59-6/h9-12,16-19,21,23-24,34-37H,7-8,13-15,20,22H2,1-6H3,(H,46,49)(H,47,48)(H,50,56)(H,51,57)/t34-,35-,36-,37-/m0/s1. The van der Waals surface area contributed by atoms with Crippen LogP contribution in [0.2, 0.25) is 0 Å². The molecule has 3 fully saturated rings. The molecule has 15 heteroatoms. The van der Waals surface area contributed by atoms with Gasteiger partial charge >= 0.3 is 12.2 Å². The van der Waals surface area contributed by atoms with Crippen LogP contribution in [0.15, 0.2) is 54.7 Å². The van der Waals surface area contributed by atoms with Gasteiger partial charge in [-0.05, 0) is 96.2 Å². The average Bonchev–Trinajstić information content (AvgIpc) is 3.71. The van der Waals surface area contributed by atoms with E-state index in [-0.39, 0.29) is 47.0 Å². The van der Waals surface area contributed by atoms with Gasteiger partial charge in [0.05, 0.1) is 49.2 Å². The third kappa shape index (κ3) is 7.70. The number of hydrogen-bond acceptors (Lipinski definition) is 8. The SMILES string of the molecule is COC(=O)N[C@H](C(=O)N1CCC[C@H]1c1ncc(-c2ccc3cc(-c4ccc5nc([C@@H]6CC7(CC7)CN6C(=O)[C@@H](NC(=O)OC)C(C)C)[nH]c5c4)cc(F)c3c2)[nH]1)C(C)C. The summed E-state index contributed by atoms with van der Waals surface area (Å²) >= 11 is 0. The Morgan fingerprint density at radius 2 is 1.49 bits per heavy atom. The van der Waals surface area contributed by atoms with Crippen LogP contribution in [0.1, 0.15) is 83.5 Å². The number of methoxy groups -OCH3 is 2. The number of hydrogen-bond donors (Lipinski definition) is 4. The summed E-state index contributed by atoms with van der Waals surface area (Å²) < 4.78 is 25.6. The first kappa shape index (κ1) is 39.8. The van der Waals surface area contributed by atoms with Gasteiger partial charge in [0.25, 0.3) is 0 Å². The van der Waals surface area contributed by atoms with Gasteiger partial charge in [-0.1, -0.05) is 45.9 Å². The number of amides is 4. The number of ether oxygens (including phenoxy) is 2. The molecule has 0 bridgehead atoms. The smallest absolute Gasteiger partial charge is 0.407 e. The van der Waals surface area contributed by atoms with Crippen molar-refractivity contribution in [3.8, 4) is 22.4 Å². The number of benzene rings is 3. The molecule has 1 aliphatic carbocycles. The maximum Gasteiger partial charge on any atom is 0.407 e. The predicted molar refractivity (Wildman–Crippen MR) is 219 cm³/mol. The highest BCUT2D eigenvalue weighted by molar-refractivity contribution is 5.93. The fourth-order valence-electron chi connectivity index (χ4n) is 8.81. The first-order valence-corrected chi connectivity index (χ1v) is 20.4. The maximum atomic E-state index is 16.0. The lowest BCUT2D eigenvalue weighted by molar-refractivity contribution is -0.136. The van der Waals surface area contributed by atoms with Crippen LogP contribution in [-0.2, 0) is 19.1 Å². The number of H-pyrrole nitrogens is 2. The largest absolute Gasteiger partial charge is 0.453 e. The third-order valence-electron chi connectivity index (χ3n) is 12.3. The second-order valence-electron chi connectivity index (χ2n) is 17.0. The Morgan fingerprint density at radius 1 is 0.814 bits per heavy atom. The quantitative estimate of drug-likeness (QED) is 0.113. The molecule has 1 spiro atoms. The van der Waals surface area contributed by atoms with Crippen molar-refractivity contribution in [2.75, 3.05) is 27.3 Å². The molecule has 0 unspecified atom stereocenters. The molecule has 0 radical (unpaired) electrons. The second-order valence-corrected chi connectivity index (χ2v) is 17.0. The van der Waals surface area contributed by atoms with Crippen LogP contribution in [0.5, 0.6) is 0 Å². The van der Waals surface area contributed by atoms with Gasteiger partial charge in [-0.2, -0.15) is 0 Å². The average molecular weight is 807 g/mol. The van der Waals surface area contributed by atoms with E-state index in [4.69, 9.17) is 14.5 Å². The Kier molecular flexibility index (Phi) is 10.6. The highest BCUT2D eigenvalue weighted by Gasteiger charge is 2.55. The minimum absolute atomic E-state index is 0.0694. The predicted octanol–water partition coefficient (Wildman–Crippen LogP) is 7.39. The van der Waals surface area contributed by atoms with Gasteiger partial charge in [-0.15, -0.1) is 0 Å². The number of rotatable bonds is 10. The molecule has 2 aromatic heterocycles. The molecule has 2 aliphatic heterocycles. The van der Waals surface area contributed by atoms with Crippen LogP contribution < -0.4 is 10.6 Å². The molecule has 5 aromatic rings. The van der Waals surface area contributed by atoms with Gasteiger partial charge in [-0.3, -0.25) is 9.59 Å². The summed E-state index contributed by atoms with van der Waals surface area (Å²) in [6.45, 7) is 8.71. The van der Waals surface area contributed by atoms with E-state index >= 15 is 4.39 Å². The molecule has 4 heterocycles.